The van der Waals surface area contributed by atoms with E-state index in [1.807, 2.05) is 4.90 Å². The van der Waals surface area contributed by atoms with Crippen LogP contribution in [0.25, 0.3) is 0 Å². The summed E-state index contributed by atoms with van der Waals surface area (Å²) in [6.07, 6.45) is 5.82. The van der Waals surface area contributed by atoms with E-state index in [2.05, 4.69) is 12.8 Å². The van der Waals surface area contributed by atoms with E-state index in [-0.39, 0.29) is 11.5 Å². The first-order valence-corrected chi connectivity index (χ1v) is 7.19. The lowest BCUT2D eigenvalue weighted by atomic mass is 9.88. The fourth-order valence-corrected chi connectivity index (χ4v) is 2.84. The number of pyridine rings is 1. The van der Waals surface area contributed by atoms with Gasteiger partial charge in [0.2, 0.25) is 0 Å². The molecule has 1 aliphatic heterocycles. The lowest BCUT2D eigenvalue weighted by Gasteiger charge is -2.18. The molecule has 0 radical (unpaired) electrons. The summed E-state index contributed by atoms with van der Waals surface area (Å²) in [6.45, 7) is 1.05. The third kappa shape index (κ3) is 3.54. The van der Waals surface area contributed by atoms with Gasteiger partial charge in [-0.2, -0.15) is 0 Å². The van der Waals surface area contributed by atoms with Crippen molar-refractivity contribution in [2.75, 3.05) is 18.0 Å². The molecule has 0 amide bonds. The van der Waals surface area contributed by atoms with Crippen LogP contribution in [0.4, 0.5) is 5.69 Å². The van der Waals surface area contributed by atoms with Crippen LogP contribution in [-0.2, 0) is 4.79 Å². The van der Waals surface area contributed by atoms with Gasteiger partial charge in [0.15, 0.2) is 0 Å². The minimum Gasteiger partial charge on any atom is -0.481 e. The highest BCUT2D eigenvalue weighted by Gasteiger charge is 2.37. The van der Waals surface area contributed by atoms with Crippen molar-refractivity contribution in [3.8, 4) is 0 Å². The normalized spacial score (nSPS) is 21.4. The SMILES string of the molecule is BCCC[C@H]1CN(c2cncc(C(=O)O)c2)C[C@H]1C(=O)O. The van der Waals surface area contributed by atoms with Gasteiger partial charge in [0.05, 0.1) is 23.4 Å². The van der Waals surface area contributed by atoms with Crippen LogP contribution >= 0.6 is 0 Å². The van der Waals surface area contributed by atoms with Gasteiger partial charge in [0, 0.05) is 19.3 Å². The van der Waals surface area contributed by atoms with Crippen LogP contribution in [-0.4, -0.2) is 48.1 Å². The van der Waals surface area contributed by atoms with E-state index in [1.54, 1.807) is 12.3 Å². The number of hydrogen-bond donors (Lipinski definition) is 2. The summed E-state index contributed by atoms with van der Waals surface area (Å²) in [5, 5.41) is 18.4. The average Bonchev–Trinajstić information content (AvgIpc) is 2.89. The van der Waals surface area contributed by atoms with E-state index in [9.17, 15) is 14.7 Å². The number of nitrogens with zero attached hydrogens (tertiary/aromatic N) is 2. The standard InChI is InChI=1S/C14H19BN2O4/c15-3-1-2-9-7-17(8-12(9)14(20)21)11-4-10(13(18)19)5-16-6-11/h4-6,9,12H,1-3,7-8,15H2,(H,18,19)(H,20,21)/t9-,12+/m0/s1. The molecule has 0 aliphatic carbocycles. The Morgan fingerprint density at radius 2 is 2.10 bits per heavy atom. The number of hydrogen-bond acceptors (Lipinski definition) is 4. The molecule has 1 aliphatic rings. The monoisotopic (exact) mass is 290 g/mol. The quantitative estimate of drug-likeness (QED) is 0.751. The van der Waals surface area contributed by atoms with Gasteiger partial charge in [-0.15, -0.1) is 0 Å². The number of aliphatic carboxylic acids is 1. The Balaban J connectivity index is 2.16. The summed E-state index contributed by atoms with van der Waals surface area (Å²) in [4.78, 5) is 28.3. The fraction of sp³-hybridized carbons (Fsp3) is 0.500. The van der Waals surface area contributed by atoms with Crippen molar-refractivity contribution in [3.05, 3.63) is 24.0 Å². The Hall–Kier alpha value is -2.05. The van der Waals surface area contributed by atoms with Gasteiger partial charge in [0.1, 0.15) is 7.85 Å². The molecule has 0 aromatic carbocycles. The maximum absolute atomic E-state index is 11.4. The lowest BCUT2D eigenvalue weighted by Crippen LogP contribution is -2.23. The molecule has 21 heavy (non-hydrogen) atoms. The van der Waals surface area contributed by atoms with Gasteiger partial charge >= 0.3 is 11.9 Å². The Labute approximate surface area is 124 Å². The largest absolute Gasteiger partial charge is 0.481 e. The second-order valence-corrected chi connectivity index (χ2v) is 5.49. The molecule has 2 atom stereocenters. The number of aromatic nitrogens is 1. The first-order chi connectivity index (χ1) is 10.0. The van der Waals surface area contributed by atoms with E-state index in [0.717, 1.165) is 19.2 Å². The molecule has 1 fully saturated rings. The number of anilines is 1. The molecule has 2 rings (SSSR count). The second kappa shape index (κ2) is 6.60. The number of carbonyl (C=O) groups is 2. The van der Waals surface area contributed by atoms with Crippen LogP contribution in [0, 0.1) is 11.8 Å². The molecule has 7 heteroatoms. The Bertz CT molecular complexity index is 537. The van der Waals surface area contributed by atoms with E-state index >= 15 is 0 Å². The van der Waals surface area contributed by atoms with Crippen molar-refractivity contribution in [1.29, 1.82) is 0 Å². The average molecular weight is 290 g/mol. The van der Waals surface area contributed by atoms with Crippen LogP contribution in [0.5, 0.6) is 0 Å². The third-order valence-corrected chi connectivity index (χ3v) is 4.02. The topological polar surface area (TPSA) is 90.7 Å². The first-order valence-electron chi connectivity index (χ1n) is 7.19. The van der Waals surface area contributed by atoms with Gasteiger partial charge in [0.25, 0.3) is 0 Å². The van der Waals surface area contributed by atoms with Crippen LogP contribution in [0.2, 0.25) is 6.32 Å². The Morgan fingerprint density at radius 1 is 1.33 bits per heavy atom. The maximum atomic E-state index is 11.4. The number of rotatable bonds is 6. The zero-order chi connectivity index (χ0) is 15.4. The highest BCUT2D eigenvalue weighted by atomic mass is 16.4. The highest BCUT2D eigenvalue weighted by molar-refractivity contribution is 6.08. The number of carboxylic acid groups (broad SMARTS) is 2. The smallest absolute Gasteiger partial charge is 0.337 e. The molecule has 0 saturated carbocycles. The highest BCUT2D eigenvalue weighted by Crippen LogP contribution is 2.31. The molecule has 2 heterocycles. The van der Waals surface area contributed by atoms with Crippen LogP contribution in [0.1, 0.15) is 23.2 Å². The van der Waals surface area contributed by atoms with E-state index in [1.165, 1.54) is 6.20 Å². The molecule has 1 aromatic rings. The molecule has 112 valence electrons. The Morgan fingerprint density at radius 3 is 2.71 bits per heavy atom. The molecule has 1 saturated heterocycles. The number of aromatic carboxylic acids is 1. The fourth-order valence-electron chi connectivity index (χ4n) is 2.84. The van der Waals surface area contributed by atoms with E-state index in [0.29, 0.717) is 18.8 Å². The molecule has 2 N–H and O–H groups in total. The van der Waals surface area contributed by atoms with Gasteiger partial charge in [-0.1, -0.05) is 12.7 Å². The lowest BCUT2D eigenvalue weighted by molar-refractivity contribution is -0.142. The summed E-state index contributed by atoms with van der Waals surface area (Å²) in [6, 6.07) is 1.55. The molecule has 0 unspecified atom stereocenters. The predicted octanol–water partition coefficient (Wildman–Crippen LogP) is 0.748. The van der Waals surface area contributed by atoms with Crippen molar-refractivity contribution >= 4 is 25.5 Å². The van der Waals surface area contributed by atoms with Crippen molar-refractivity contribution in [1.82, 2.24) is 4.98 Å². The second-order valence-electron chi connectivity index (χ2n) is 5.49. The minimum atomic E-state index is -1.03. The molecule has 6 nitrogen and oxygen atoms in total. The summed E-state index contributed by atoms with van der Waals surface area (Å²) in [5.41, 5.74) is 0.802. The number of carboxylic acids is 2. The predicted molar refractivity (Wildman–Crippen MR) is 80.6 cm³/mol. The molecular formula is C14H19BN2O4. The van der Waals surface area contributed by atoms with Crippen molar-refractivity contribution < 1.29 is 19.8 Å². The summed E-state index contributed by atoms with van der Waals surface area (Å²) < 4.78 is 0. The van der Waals surface area contributed by atoms with E-state index in [4.69, 9.17) is 5.11 Å². The first kappa shape index (κ1) is 15.3. The van der Waals surface area contributed by atoms with Crippen LogP contribution in [0.15, 0.2) is 18.5 Å². The van der Waals surface area contributed by atoms with Crippen LogP contribution < -0.4 is 4.90 Å². The zero-order valence-electron chi connectivity index (χ0n) is 12.0. The maximum Gasteiger partial charge on any atom is 0.337 e. The molecule has 1 aromatic heterocycles. The van der Waals surface area contributed by atoms with Gasteiger partial charge in [-0.25, -0.2) is 4.79 Å². The Kier molecular flexibility index (Phi) is 4.83. The molecule has 0 spiro atoms. The van der Waals surface area contributed by atoms with E-state index < -0.39 is 17.9 Å². The van der Waals surface area contributed by atoms with Crippen molar-refractivity contribution in [2.45, 2.75) is 19.2 Å². The zero-order valence-corrected chi connectivity index (χ0v) is 12.0. The molecule has 0 bridgehead atoms. The van der Waals surface area contributed by atoms with Crippen molar-refractivity contribution in [3.63, 3.8) is 0 Å². The summed E-state index contributed by atoms with van der Waals surface area (Å²) >= 11 is 0. The summed E-state index contributed by atoms with van der Waals surface area (Å²) in [7, 11) is 2.09. The van der Waals surface area contributed by atoms with Gasteiger partial charge in [-0.3, -0.25) is 9.78 Å². The third-order valence-electron chi connectivity index (χ3n) is 4.02. The van der Waals surface area contributed by atoms with Gasteiger partial charge in [-0.05, 0) is 18.4 Å². The van der Waals surface area contributed by atoms with Gasteiger partial charge < -0.3 is 15.1 Å². The molecular weight excluding hydrogens is 271 g/mol. The minimum absolute atomic E-state index is 0.107. The van der Waals surface area contributed by atoms with Crippen LogP contribution in [0.3, 0.4) is 0 Å². The van der Waals surface area contributed by atoms with Crippen molar-refractivity contribution in [2.24, 2.45) is 11.8 Å². The summed E-state index contributed by atoms with van der Waals surface area (Å²) in [5.74, 6) is -2.09.